The molecule has 0 radical (unpaired) electrons. The Balaban J connectivity index is 0.00000106. The molecule has 0 aromatic carbocycles. The molecule has 0 aromatic heterocycles. The molecule has 1 aliphatic rings. The van der Waals surface area contributed by atoms with Gasteiger partial charge in [-0.3, -0.25) is 14.4 Å². The molecule has 6 nitrogen and oxygen atoms in total. The predicted molar refractivity (Wildman–Crippen MR) is 231 cm³/mol. The molecule has 0 aromatic rings. The van der Waals surface area contributed by atoms with Gasteiger partial charge in [-0.2, -0.15) is 0 Å². The van der Waals surface area contributed by atoms with Crippen molar-refractivity contribution in [1.82, 2.24) is 4.90 Å². The first kappa shape index (κ1) is 52.6. The van der Waals surface area contributed by atoms with Crippen molar-refractivity contribution >= 4 is 18.2 Å². The molecular formula is C48H93NO5. The highest BCUT2D eigenvalue weighted by atomic mass is 16.5. The van der Waals surface area contributed by atoms with E-state index in [0.717, 1.165) is 64.2 Å². The lowest BCUT2D eigenvalue weighted by atomic mass is 9.89. The van der Waals surface area contributed by atoms with E-state index in [0.29, 0.717) is 37.8 Å². The second kappa shape index (κ2) is 44.3. The summed E-state index contributed by atoms with van der Waals surface area (Å²) in [4.78, 5) is 36.8. The first-order chi connectivity index (χ1) is 26.6. The van der Waals surface area contributed by atoms with Gasteiger partial charge in [0.25, 0.3) is 6.47 Å². The van der Waals surface area contributed by atoms with E-state index in [4.69, 9.17) is 9.47 Å². The standard InChI is InChI=1S/C27H52O3.C21H41NO2/c1-3-5-7-9-12-16-20-26(21-17-13-10-8-6-4-2)24-27(29)22-18-14-11-15-19-23-30-25-28;1-2-3-4-5-6-7-8-9-15-20-24-21(23)16-11-10-12-17-22-18-13-14-19-22/h25-26H,3-24H2,1-2H3;2-20H2,1H3. The number of rotatable bonds is 41. The highest BCUT2D eigenvalue weighted by Gasteiger charge is 2.14. The van der Waals surface area contributed by atoms with E-state index in [1.807, 2.05) is 0 Å². The molecule has 1 fully saturated rings. The smallest absolute Gasteiger partial charge is 0.305 e. The Morgan fingerprint density at radius 1 is 0.519 bits per heavy atom. The third-order valence-electron chi connectivity index (χ3n) is 11.3. The zero-order valence-electron chi connectivity index (χ0n) is 36.6. The van der Waals surface area contributed by atoms with E-state index >= 15 is 0 Å². The number of ether oxygens (including phenoxy) is 2. The van der Waals surface area contributed by atoms with Crippen LogP contribution in [0.25, 0.3) is 0 Å². The first-order valence-electron chi connectivity index (χ1n) is 24.0. The molecular weight excluding hydrogens is 671 g/mol. The fourth-order valence-corrected chi connectivity index (χ4v) is 7.74. The molecule has 0 spiro atoms. The van der Waals surface area contributed by atoms with Gasteiger partial charge in [0.2, 0.25) is 0 Å². The molecule has 6 heteroatoms. The molecule has 0 bridgehead atoms. The topological polar surface area (TPSA) is 72.9 Å². The average Bonchev–Trinajstić information content (AvgIpc) is 3.70. The van der Waals surface area contributed by atoms with E-state index in [-0.39, 0.29) is 5.97 Å². The summed E-state index contributed by atoms with van der Waals surface area (Å²) in [5.74, 6) is 1.12. The zero-order valence-corrected chi connectivity index (χ0v) is 36.6. The summed E-state index contributed by atoms with van der Waals surface area (Å²) in [5, 5.41) is 0. The number of carbonyl (C=O) groups is 3. The van der Waals surface area contributed by atoms with Gasteiger partial charge in [0.05, 0.1) is 13.2 Å². The van der Waals surface area contributed by atoms with E-state index in [1.165, 1.54) is 180 Å². The zero-order chi connectivity index (χ0) is 39.4. The molecule has 1 rings (SSSR count). The Morgan fingerprint density at radius 2 is 0.944 bits per heavy atom. The molecule has 0 saturated carbocycles. The molecule has 1 saturated heterocycles. The van der Waals surface area contributed by atoms with Gasteiger partial charge >= 0.3 is 5.97 Å². The molecule has 0 amide bonds. The molecule has 1 aliphatic heterocycles. The van der Waals surface area contributed by atoms with Gasteiger partial charge in [-0.1, -0.05) is 188 Å². The van der Waals surface area contributed by atoms with Crippen LogP contribution in [-0.2, 0) is 23.9 Å². The lowest BCUT2D eigenvalue weighted by molar-refractivity contribution is -0.144. The van der Waals surface area contributed by atoms with Crippen molar-refractivity contribution in [2.45, 2.75) is 252 Å². The van der Waals surface area contributed by atoms with Crippen molar-refractivity contribution in [3.8, 4) is 0 Å². The Hall–Kier alpha value is -1.43. The molecule has 0 unspecified atom stereocenters. The van der Waals surface area contributed by atoms with Crippen LogP contribution < -0.4 is 0 Å². The van der Waals surface area contributed by atoms with Crippen LogP contribution in [0.3, 0.4) is 0 Å². The van der Waals surface area contributed by atoms with Crippen LogP contribution in [0.4, 0.5) is 0 Å². The molecule has 320 valence electrons. The number of esters is 1. The average molecular weight is 764 g/mol. The van der Waals surface area contributed by atoms with Crippen LogP contribution >= 0.6 is 0 Å². The number of likely N-dealkylation sites (tertiary alicyclic amines) is 1. The van der Waals surface area contributed by atoms with Crippen LogP contribution in [-0.4, -0.2) is 56.0 Å². The van der Waals surface area contributed by atoms with Crippen molar-refractivity contribution in [3.05, 3.63) is 0 Å². The Morgan fingerprint density at radius 3 is 1.46 bits per heavy atom. The lowest BCUT2D eigenvalue weighted by Gasteiger charge is -2.16. The summed E-state index contributed by atoms with van der Waals surface area (Å²) in [6, 6.07) is 0. The summed E-state index contributed by atoms with van der Waals surface area (Å²) >= 11 is 0. The van der Waals surface area contributed by atoms with Crippen LogP contribution in [0.5, 0.6) is 0 Å². The van der Waals surface area contributed by atoms with Crippen LogP contribution in [0, 0.1) is 5.92 Å². The maximum Gasteiger partial charge on any atom is 0.305 e. The normalized spacial score (nSPS) is 12.9. The van der Waals surface area contributed by atoms with Crippen LogP contribution in [0.15, 0.2) is 0 Å². The number of Topliss-reactive ketones (excluding diaryl/α,β-unsaturated/α-hetero) is 1. The van der Waals surface area contributed by atoms with Crippen molar-refractivity contribution in [2.24, 2.45) is 5.92 Å². The largest absolute Gasteiger partial charge is 0.468 e. The van der Waals surface area contributed by atoms with Crippen molar-refractivity contribution in [3.63, 3.8) is 0 Å². The lowest BCUT2D eigenvalue weighted by Crippen LogP contribution is -2.20. The molecule has 1 heterocycles. The maximum absolute atomic E-state index is 12.5. The van der Waals surface area contributed by atoms with Gasteiger partial charge in [-0.25, -0.2) is 0 Å². The Kier molecular flexibility index (Phi) is 43.1. The van der Waals surface area contributed by atoms with Gasteiger partial charge in [-0.05, 0) is 70.5 Å². The van der Waals surface area contributed by atoms with Crippen molar-refractivity contribution < 1.29 is 23.9 Å². The van der Waals surface area contributed by atoms with Gasteiger partial charge < -0.3 is 14.4 Å². The summed E-state index contributed by atoms with van der Waals surface area (Å²) in [7, 11) is 0. The highest BCUT2D eigenvalue weighted by molar-refractivity contribution is 5.78. The Bertz CT molecular complexity index is 767. The number of hydrogen-bond donors (Lipinski definition) is 0. The molecule has 54 heavy (non-hydrogen) atoms. The SMILES string of the molecule is CCCCCCCCC(CCCCCCCC)CC(=O)CCCCCCCOC=O.CCCCCCCCCCCOC(=O)CCCCCN1CCCC1. The second-order valence-electron chi connectivity index (χ2n) is 16.6. The fraction of sp³-hybridized carbons (Fsp3) is 0.938. The third-order valence-corrected chi connectivity index (χ3v) is 11.3. The minimum Gasteiger partial charge on any atom is -0.468 e. The molecule has 0 N–H and O–H groups in total. The first-order valence-corrected chi connectivity index (χ1v) is 24.0. The van der Waals surface area contributed by atoms with Gasteiger partial charge in [-0.15, -0.1) is 0 Å². The fourth-order valence-electron chi connectivity index (χ4n) is 7.74. The molecule has 0 aliphatic carbocycles. The monoisotopic (exact) mass is 764 g/mol. The number of unbranched alkanes of at least 4 members (excludes halogenated alkanes) is 24. The second-order valence-corrected chi connectivity index (χ2v) is 16.6. The van der Waals surface area contributed by atoms with Gasteiger partial charge in [0, 0.05) is 19.3 Å². The van der Waals surface area contributed by atoms with E-state index < -0.39 is 0 Å². The third kappa shape index (κ3) is 40.2. The minimum atomic E-state index is 0.00994. The summed E-state index contributed by atoms with van der Waals surface area (Å²) in [5.41, 5.74) is 0. The minimum absolute atomic E-state index is 0.00994. The van der Waals surface area contributed by atoms with Crippen molar-refractivity contribution in [1.29, 1.82) is 0 Å². The maximum atomic E-state index is 12.5. The van der Waals surface area contributed by atoms with E-state index in [2.05, 4.69) is 25.7 Å². The summed E-state index contributed by atoms with van der Waals surface area (Å²) in [6.07, 6.45) is 43.9. The van der Waals surface area contributed by atoms with E-state index in [1.54, 1.807) is 0 Å². The Labute approximate surface area is 336 Å². The predicted octanol–water partition coefficient (Wildman–Crippen LogP) is 14.3. The quantitative estimate of drug-likeness (QED) is 0.0351. The van der Waals surface area contributed by atoms with Gasteiger partial charge in [0.1, 0.15) is 5.78 Å². The van der Waals surface area contributed by atoms with Gasteiger partial charge in [0.15, 0.2) is 0 Å². The number of hydrogen-bond acceptors (Lipinski definition) is 6. The van der Waals surface area contributed by atoms with Crippen LogP contribution in [0.2, 0.25) is 0 Å². The van der Waals surface area contributed by atoms with Crippen LogP contribution in [0.1, 0.15) is 252 Å². The summed E-state index contributed by atoms with van der Waals surface area (Å²) < 4.78 is 10.0. The summed E-state index contributed by atoms with van der Waals surface area (Å²) in [6.45, 7) is 12.2. The molecule has 0 atom stereocenters. The van der Waals surface area contributed by atoms with E-state index in [9.17, 15) is 14.4 Å². The number of carbonyl (C=O) groups excluding carboxylic acids is 3. The number of nitrogens with zero attached hydrogens (tertiary/aromatic N) is 1. The number of ketones is 1. The van der Waals surface area contributed by atoms with Crippen molar-refractivity contribution in [2.75, 3.05) is 32.8 Å². The highest BCUT2D eigenvalue weighted by Crippen LogP contribution is 2.24.